The lowest BCUT2D eigenvalue weighted by molar-refractivity contribution is 0.0395. The fraction of sp³-hybridized carbons (Fsp3) is 0.417. The predicted octanol–water partition coefficient (Wildman–Crippen LogP) is 0.221. The summed E-state index contributed by atoms with van der Waals surface area (Å²) < 4.78 is 0. The van der Waals surface area contributed by atoms with Crippen molar-refractivity contribution in [3.05, 3.63) is 35.9 Å². The van der Waals surface area contributed by atoms with Gasteiger partial charge in [0.2, 0.25) is 0 Å². The van der Waals surface area contributed by atoms with Gasteiger partial charge in [0.05, 0.1) is 6.10 Å². The Balaban J connectivity index is 2.06. The summed E-state index contributed by atoms with van der Waals surface area (Å²) in [6, 6.07) is 8.89. The molecule has 86 valence electrons. The van der Waals surface area contributed by atoms with Crippen molar-refractivity contribution in [3.63, 3.8) is 0 Å². The van der Waals surface area contributed by atoms with E-state index in [0.29, 0.717) is 25.1 Å². The van der Waals surface area contributed by atoms with Crippen molar-refractivity contribution in [2.75, 3.05) is 13.1 Å². The van der Waals surface area contributed by atoms with Gasteiger partial charge >= 0.3 is 0 Å². The first-order chi connectivity index (χ1) is 7.68. The van der Waals surface area contributed by atoms with E-state index in [1.54, 1.807) is 17.0 Å². The molecule has 1 saturated heterocycles. The molecule has 0 aromatic heterocycles. The number of amides is 1. The Bertz CT molecular complexity index is 367. The van der Waals surface area contributed by atoms with Gasteiger partial charge in [-0.05, 0) is 18.6 Å². The maximum Gasteiger partial charge on any atom is 0.253 e. The predicted molar refractivity (Wildman–Crippen MR) is 60.9 cm³/mol. The highest BCUT2D eigenvalue weighted by atomic mass is 16.3. The van der Waals surface area contributed by atoms with E-state index in [1.165, 1.54) is 0 Å². The van der Waals surface area contributed by atoms with Crippen LogP contribution in [0.1, 0.15) is 16.8 Å². The lowest BCUT2D eigenvalue weighted by atomic mass is 10.0. The van der Waals surface area contributed by atoms with Gasteiger partial charge in [0.1, 0.15) is 0 Å². The highest BCUT2D eigenvalue weighted by molar-refractivity contribution is 5.94. The van der Waals surface area contributed by atoms with Gasteiger partial charge in [0.25, 0.3) is 5.91 Å². The fourth-order valence-corrected chi connectivity index (χ4v) is 1.90. The molecule has 2 rings (SSSR count). The molecule has 1 aromatic rings. The number of carbonyl (C=O) groups excluding carboxylic acids is 1. The number of aliphatic hydroxyl groups excluding tert-OH is 1. The van der Waals surface area contributed by atoms with Crippen molar-refractivity contribution in [2.45, 2.75) is 18.6 Å². The number of carbonyl (C=O) groups is 1. The van der Waals surface area contributed by atoms with Gasteiger partial charge in [-0.2, -0.15) is 0 Å². The number of rotatable bonds is 1. The molecule has 1 aromatic carbocycles. The van der Waals surface area contributed by atoms with Crippen LogP contribution >= 0.6 is 0 Å². The molecule has 16 heavy (non-hydrogen) atoms. The normalized spacial score (nSPS) is 25.5. The van der Waals surface area contributed by atoms with Crippen LogP contribution in [0.3, 0.4) is 0 Å². The lowest BCUT2D eigenvalue weighted by Gasteiger charge is -2.34. The average Bonchev–Trinajstić information content (AvgIpc) is 2.33. The third-order valence-corrected chi connectivity index (χ3v) is 2.94. The number of β-amino-alcohol motifs (C(OH)–C–C–N with tert-alkyl or cyclic N) is 1. The van der Waals surface area contributed by atoms with Crippen LogP contribution in [0.4, 0.5) is 0 Å². The van der Waals surface area contributed by atoms with E-state index in [0.717, 1.165) is 0 Å². The zero-order valence-corrected chi connectivity index (χ0v) is 9.04. The Morgan fingerprint density at radius 1 is 1.38 bits per heavy atom. The molecule has 0 unspecified atom stereocenters. The minimum atomic E-state index is -0.610. The molecule has 1 fully saturated rings. The number of hydrogen-bond acceptors (Lipinski definition) is 3. The number of nitrogens with two attached hydrogens (primary N) is 1. The molecule has 4 nitrogen and oxygen atoms in total. The Morgan fingerprint density at radius 2 is 2.06 bits per heavy atom. The molecule has 3 N–H and O–H groups in total. The minimum absolute atomic E-state index is 0.0356. The molecule has 0 bridgehead atoms. The quantitative estimate of drug-likeness (QED) is 0.711. The van der Waals surface area contributed by atoms with Gasteiger partial charge in [-0.15, -0.1) is 0 Å². The van der Waals surface area contributed by atoms with Crippen molar-refractivity contribution in [1.82, 2.24) is 4.90 Å². The van der Waals surface area contributed by atoms with Crippen molar-refractivity contribution in [2.24, 2.45) is 5.73 Å². The summed E-state index contributed by atoms with van der Waals surface area (Å²) in [5.74, 6) is -0.0356. The number of hydrogen-bond donors (Lipinski definition) is 2. The molecule has 0 aliphatic carbocycles. The van der Waals surface area contributed by atoms with Crippen molar-refractivity contribution >= 4 is 5.91 Å². The number of nitrogens with zero attached hydrogens (tertiary/aromatic N) is 1. The maximum absolute atomic E-state index is 12.0. The van der Waals surface area contributed by atoms with E-state index in [9.17, 15) is 9.90 Å². The van der Waals surface area contributed by atoms with E-state index >= 15 is 0 Å². The number of piperidine rings is 1. The van der Waals surface area contributed by atoms with Gasteiger partial charge in [-0.1, -0.05) is 18.2 Å². The fourth-order valence-electron chi connectivity index (χ4n) is 1.90. The SMILES string of the molecule is N[C@@H]1CCN(C(=O)c2ccccc2)C[C@@H]1O. The number of aliphatic hydroxyl groups is 1. The molecule has 1 heterocycles. The number of benzene rings is 1. The van der Waals surface area contributed by atoms with Crippen LogP contribution in [-0.4, -0.2) is 41.1 Å². The van der Waals surface area contributed by atoms with Gasteiger partial charge < -0.3 is 15.7 Å². The monoisotopic (exact) mass is 220 g/mol. The lowest BCUT2D eigenvalue weighted by Crippen LogP contribution is -2.52. The first-order valence-corrected chi connectivity index (χ1v) is 5.46. The summed E-state index contributed by atoms with van der Waals surface area (Å²) in [6.45, 7) is 0.945. The van der Waals surface area contributed by atoms with Crippen LogP contribution in [0.15, 0.2) is 30.3 Å². The number of likely N-dealkylation sites (tertiary alicyclic amines) is 1. The zero-order chi connectivity index (χ0) is 11.5. The molecule has 1 amide bonds. The van der Waals surface area contributed by atoms with Crippen LogP contribution in [0.2, 0.25) is 0 Å². The molecule has 0 spiro atoms. The van der Waals surface area contributed by atoms with Crippen molar-refractivity contribution in [3.8, 4) is 0 Å². The summed E-state index contributed by atoms with van der Waals surface area (Å²) in [5.41, 5.74) is 6.35. The topological polar surface area (TPSA) is 66.6 Å². The van der Waals surface area contributed by atoms with Crippen molar-refractivity contribution in [1.29, 1.82) is 0 Å². The highest BCUT2D eigenvalue weighted by Gasteiger charge is 2.27. The average molecular weight is 220 g/mol. The Morgan fingerprint density at radius 3 is 2.69 bits per heavy atom. The molecule has 4 heteroatoms. The summed E-state index contributed by atoms with van der Waals surface area (Å²) >= 11 is 0. The van der Waals surface area contributed by atoms with E-state index in [-0.39, 0.29) is 11.9 Å². The summed E-state index contributed by atoms with van der Waals surface area (Å²) in [5, 5.41) is 9.63. The Labute approximate surface area is 94.7 Å². The van der Waals surface area contributed by atoms with Crippen LogP contribution in [0, 0.1) is 0 Å². The minimum Gasteiger partial charge on any atom is -0.390 e. The third kappa shape index (κ3) is 2.23. The van der Waals surface area contributed by atoms with Gasteiger partial charge in [-0.25, -0.2) is 0 Å². The van der Waals surface area contributed by atoms with Crippen LogP contribution in [0.25, 0.3) is 0 Å². The van der Waals surface area contributed by atoms with E-state index < -0.39 is 6.10 Å². The largest absolute Gasteiger partial charge is 0.390 e. The first kappa shape index (κ1) is 11.1. The first-order valence-electron chi connectivity index (χ1n) is 5.46. The van der Waals surface area contributed by atoms with Crippen LogP contribution in [0.5, 0.6) is 0 Å². The van der Waals surface area contributed by atoms with Crippen molar-refractivity contribution < 1.29 is 9.90 Å². The summed E-state index contributed by atoms with van der Waals surface area (Å²) in [4.78, 5) is 13.7. The second kappa shape index (κ2) is 4.63. The second-order valence-corrected chi connectivity index (χ2v) is 4.14. The van der Waals surface area contributed by atoms with Gasteiger partial charge in [-0.3, -0.25) is 4.79 Å². The molecule has 1 aliphatic rings. The molecule has 2 atom stereocenters. The maximum atomic E-state index is 12.0. The van der Waals surface area contributed by atoms with E-state index in [2.05, 4.69) is 0 Å². The van der Waals surface area contributed by atoms with Gasteiger partial charge in [0, 0.05) is 24.7 Å². The van der Waals surface area contributed by atoms with E-state index in [4.69, 9.17) is 5.73 Å². The summed E-state index contributed by atoms with van der Waals surface area (Å²) in [6.07, 6.45) is 0.0427. The molecular weight excluding hydrogens is 204 g/mol. The summed E-state index contributed by atoms with van der Waals surface area (Å²) in [7, 11) is 0. The van der Waals surface area contributed by atoms with E-state index in [1.807, 2.05) is 18.2 Å². The smallest absolute Gasteiger partial charge is 0.253 e. The molecule has 1 aliphatic heterocycles. The third-order valence-electron chi connectivity index (χ3n) is 2.94. The Kier molecular flexibility index (Phi) is 3.22. The second-order valence-electron chi connectivity index (χ2n) is 4.14. The Hall–Kier alpha value is -1.39. The standard InChI is InChI=1S/C12H16N2O2/c13-10-6-7-14(8-11(10)15)12(16)9-4-2-1-3-5-9/h1-5,10-11,15H,6-8,13H2/t10-,11+/m1/s1. The molecular formula is C12H16N2O2. The molecule has 0 saturated carbocycles. The van der Waals surface area contributed by atoms with Gasteiger partial charge in [0.15, 0.2) is 0 Å². The highest BCUT2D eigenvalue weighted by Crippen LogP contribution is 2.13. The zero-order valence-electron chi connectivity index (χ0n) is 9.04. The van der Waals surface area contributed by atoms with Crippen LogP contribution < -0.4 is 5.73 Å². The van der Waals surface area contributed by atoms with Crippen LogP contribution in [-0.2, 0) is 0 Å². The molecule has 0 radical (unpaired) electrons.